The fourth-order valence-electron chi connectivity index (χ4n) is 2.29. The zero-order chi connectivity index (χ0) is 16.9. The fraction of sp³-hybridized carbons (Fsp3) is 0.533. The lowest BCUT2D eigenvalue weighted by atomic mass is 9.99. The summed E-state index contributed by atoms with van der Waals surface area (Å²) >= 11 is 0. The van der Waals surface area contributed by atoms with Gasteiger partial charge in [0.1, 0.15) is 0 Å². The van der Waals surface area contributed by atoms with Gasteiger partial charge in [-0.05, 0) is 43.0 Å². The molecular weight excluding hydrogens is 340 g/mol. The summed E-state index contributed by atoms with van der Waals surface area (Å²) in [5.41, 5.74) is 7.93. The highest BCUT2D eigenvalue weighted by atomic mass is 35.5. The molecule has 3 N–H and O–H groups in total. The summed E-state index contributed by atoms with van der Waals surface area (Å²) in [5, 5.41) is 8.83. The Morgan fingerprint density at radius 1 is 1.35 bits per heavy atom. The lowest BCUT2D eigenvalue weighted by molar-refractivity contribution is -0.134. The fourth-order valence-corrected chi connectivity index (χ4v) is 3.62. The van der Waals surface area contributed by atoms with E-state index in [9.17, 15) is 13.2 Å². The molecule has 0 heterocycles. The van der Waals surface area contributed by atoms with Gasteiger partial charge in [-0.25, -0.2) is 8.42 Å². The molecule has 1 aromatic carbocycles. The predicted octanol–water partition coefficient (Wildman–Crippen LogP) is 1.97. The highest BCUT2D eigenvalue weighted by Crippen LogP contribution is 2.28. The normalized spacial score (nSPS) is 11.2. The Hall–Kier alpha value is -1.31. The van der Waals surface area contributed by atoms with Crippen LogP contribution in [0.1, 0.15) is 37.8 Å². The van der Waals surface area contributed by atoms with Crippen molar-refractivity contribution in [3.63, 3.8) is 0 Å². The average Bonchev–Trinajstić information content (AvgIpc) is 2.39. The molecule has 0 atom stereocenters. The van der Waals surface area contributed by atoms with Crippen LogP contribution in [0, 0.1) is 0 Å². The molecule has 0 aliphatic heterocycles. The third kappa shape index (κ3) is 5.67. The van der Waals surface area contributed by atoms with Gasteiger partial charge >= 0.3 is 5.97 Å². The van der Waals surface area contributed by atoms with Crippen LogP contribution in [-0.2, 0) is 21.2 Å². The lowest BCUT2D eigenvalue weighted by Gasteiger charge is -2.26. The minimum Gasteiger partial charge on any atom is -0.480 e. The minimum absolute atomic E-state index is 0. The minimum atomic E-state index is -3.92. The molecule has 1 rings (SSSR count). The molecule has 0 saturated carbocycles. The highest BCUT2D eigenvalue weighted by Gasteiger charge is 2.26. The second kappa shape index (κ2) is 9.10. The number of carboxylic acid groups (broad SMARTS) is 1. The van der Waals surface area contributed by atoms with Gasteiger partial charge in [0.05, 0.1) is 5.69 Å². The highest BCUT2D eigenvalue weighted by molar-refractivity contribution is 7.93. The summed E-state index contributed by atoms with van der Waals surface area (Å²) in [6, 6.07) is 5.64. The number of nitrogens with zero attached hydrogens (tertiary/aromatic N) is 1. The third-order valence-corrected chi connectivity index (χ3v) is 5.13. The van der Waals surface area contributed by atoms with Gasteiger partial charge in [-0.2, -0.15) is 0 Å². The van der Waals surface area contributed by atoms with Gasteiger partial charge < -0.3 is 10.8 Å². The maximum atomic E-state index is 12.3. The van der Waals surface area contributed by atoms with Crippen LogP contribution in [-0.4, -0.2) is 38.3 Å². The van der Waals surface area contributed by atoms with Gasteiger partial charge in [0.25, 0.3) is 0 Å². The van der Waals surface area contributed by atoms with E-state index in [0.717, 1.165) is 15.4 Å². The summed E-state index contributed by atoms with van der Waals surface area (Å²) in [4.78, 5) is 10.8. The molecule has 132 valence electrons. The van der Waals surface area contributed by atoms with Gasteiger partial charge in [-0.1, -0.05) is 26.0 Å². The second-order valence-corrected chi connectivity index (χ2v) is 7.29. The van der Waals surface area contributed by atoms with E-state index < -0.39 is 21.7 Å². The molecule has 0 aliphatic carbocycles. The van der Waals surface area contributed by atoms with Gasteiger partial charge in [0, 0.05) is 6.54 Å². The number of aliphatic carboxylic acids is 1. The molecule has 1 aromatic rings. The van der Waals surface area contributed by atoms with Crippen LogP contribution in [0.15, 0.2) is 18.2 Å². The molecule has 0 unspecified atom stereocenters. The SMILES string of the molecule is CCN(c1cc(C(C)C)ccc1CCN)S(=O)(=O)CC(=O)O.Cl. The molecule has 0 spiro atoms. The Bertz CT molecular complexity index is 632. The molecule has 0 amide bonds. The van der Waals surface area contributed by atoms with E-state index in [1.54, 1.807) is 6.92 Å². The summed E-state index contributed by atoms with van der Waals surface area (Å²) in [6.07, 6.45) is 0.535. The molecular formula is C15H25ClN2O4S. The first-order valence-electron chi connectivity index (χ1n) is 7.28. The Morgan fingerprint density at radius 2 is 1.96 bits per heavy atom. The number of hydrogen-bond donors (Lipinski definition) is 2. The van der Waals surface area contributed by atoms with Crippen LogP contribution in [0.25, 0.3) is 0 Å². The number of carbonyl (C=O) groups is 1. The van der Waals surface area contributed by atoms with E-state index >= 15 is 0 Å². The Labute approximate surface area is 144 Å². The summed E-state index contributed by atoms with van der Waals surface area (Å²) in [6.45, 7) is 6.29. The van der Waals surface area contributed by atoms with Crippen molar-refractivity contribution in [3.05, 3.63) is 29.3 Å². The monoisotopic (exact) mass is 364 g/mol. The predicted molar refractivity (Wildman–Crippen MR) is 95.0 cm³/mol. The van der Waals surface area contributed by atoms with Gasteiger partial charge in [0.15, 0.2) is 5.75 Å². The maximum Gasteiger partial charge on any atom is 0.320 e. The molecule has 0 radical (unpaired) electrons. The van der Waals surface area contributed by atoms with Crippen molar-refractivity contribution in [1.29, 1.82) is 0 Å². The van der Waals surface area contributed by atoms with Crippen LogP contribution in [0.5, 0.6) is 0 Å². The largest absolute Gasteiger partial charge is 0.480 e. The summed E-state index contributed by atoms with van der Waals surface area (Å²) in [7, 11) is -3.92. The van der Waals surface area contributed by atoms with Crippen LogP contribution in [0.2, 0.25) is 0 Å². The van der Waals surface area contributed by atoms with Crippen molar-refractivity contribution >= 4 is 34.1 Å². The third-order valence-electron chi connectivity index (χ3n) is 3.39. The topological polar surface area (TPSA) is 101 Å². The van der Waals surface area contributed by atoms with Crippen molar-refractivity contribution in [2.24, 2.45) is 5.73 Å². The van der Waals surface area contributed by atoms with Crippen LogP contribution in [0.3, 0.4) is 0 Å². The van der Waals surface area contributed by atoms with Crippen molar-refractivity contribution in [2.75, 3.05) is 23.1 Å². The summed E-state index contributed by atoms with van der Waals surface area (Å²) < 4.78 is 25.8. The molecule has 0 bridgehead atoms. The lowest BCUT2D eigenvalue weighted by Crippen LogP contribution is -2.36. The van der Waals surface area contributed by atoms with Crippen molar-refractivity contribution in [3.8, 4) is 0 Å². The zero-order valence-corrected chi connectivity index (χ0v) is 15.3. The number of nitrogens with two attached hydrogens (primary N) is 1. The molecule has 0 saturated heterocycles. The van der Waals surface area contributed by atoms with E-state index in [1.807, 2.05) is 32.0 Å². The molecule has 0 aliphatic rings. The molecule has 0 fully saturated rings. The standard InChI is InChI=1S/C15H24N2O4S.ClH/c1-4-17(22(20,21)10-15(18)19)14-9-13(11(2)3)6-5-12(14)7-8-16;/h5-6,9,11H,4,7-8,10,16H2,1-3H3,(H,18,19);1H. The first kappa shape index (κ1) is 21.7. The quantitative estimate of drug-likeness (QED) is 0.734. The number of rotatable bonds is 8. The van der Waals surface area contributed by atoms with Crippen molar-refractivity contribution < 1.29 is 18.3 Å². The van der Waals surface area contributed by atoms with Crippen LogP contribution < -0.4 is 10.0 Å². The number of hydrogen-bond acceptors (Lipinski definition) is 4. The van der Waals surface area contributed by atoms with E-state index in [1.165, 1.54) is 0 Å². The number of carboxylic acids is 1. The molecule has 8 heteroatoms. The van der Waals surface area contributed by atoms with E-state index in [-0.39, 0.29) is 24.9 Å². The van der Waals surface area contributed by atoms with Crippen molar-refractivity contribution in [2.45, 2.75) is 33.1 Å². The van der Waals surface area contributed by atoms with E-state index in [2.05, 4.69) is 0 Å². The summed E-state index contributed by atoms with van der Waals surface area (Å²) in [5.74, 6) is -2.04. The molecule has 0 aromatic heterocycles. The molecule has 6 nitrogen and oxygen atoms in total. The zero-order valence-electron chi connectivity index (χ0n) is 13.7. The first-order valence-corrected chi connectivity index (χ1v) is 8.89. The van der Waals surface area contributed by atoms with Gasteiger partial charge in [0.2, 0.25) is 10.0 Å². The van der Waals surface area contributed by atoms with Gasteiger partial charge in [-0.3, -0.25) is 9.10 Å². The van der Waals surface area contributed by atoms with Crippen LogP contribution in [0.4, 0.5) is 5.69 Å². The number of anilines is 1. The molecule has 23 heavy (non-hydrogen) atoms. The first-order chi connectivity index (χ1) is 10.2. The number of benzene rings is 1. The van der Waals surface area contributed by atoms with Crippen LogP contribution >= 0.6 is 12.4 Å². The Kier molecular flexibility index (Phi) is 8.58. The smallest absolute Gasteiger partial charge is 0.320 e. The maximum absolute atomic E-state index is 12.3. The Balaban J connectivity index is 0.00000484. The second-order valence-electron chi connectivity index (χ2n) is 5.40. The average molecular weight is 365 g/mol. The number of halogens is 1. The Morgan fingerprint density at radius 3 is 2.39 bits per heavy atom. The van der Waals surface area contributed by atoms with E-state index in [4.69, 9.17) is 10.8 Å². The van der Waals surface area contributed by atoms with Gasteiger partial charge in [-0.15, -0.1) is 12.4 Å². The number of sulfonamides is 1. The van der Waals surface area contributed by atoms with Crippen molar-refractivity contribution in [1.82, 2.24) is 0 Å². The van der Waals surface area contributed by atoms with E-state index in [0.29, 0.717) is 18.7 Å².